The van der Waals surface area contributed by atoms with Gasteiger partial charge in [0.15, 0.2) is 0 Å². The number of furan rings is 1. The summed E-state index contributed by atoms with van der Waals surface area (Å²) in [6, 6.07) is 14.2. The predicted octanol–water partition coefficient (Wildman–Crippen LogP) is 4.84. The molecule has 96 valence electrons. The molecule has 19 heavy (non-hydrogen) atoms. The number of hydrogen-bond acceptors (Lipinski definition) is 2. The minimum Gasteiger partial charge on any atom is -0.459 e. The van der Waals surface area contributed by atoms with Gasteiger partial charge in [0.1, 0.15) is 17.2 Å². The third-order valence-electron chi connectivity index (χ3n) is 2.88. The fourth-order valence-corrected chi connectivity index (χ4v) is 2.20. The van der Waals surface area contributed by atoms with Crippen molar-refractivity contribution < 1.29 is 8.81 Å². The second-order valence-corrected chi connectivity index (χ2v) is 4.61. The van der Waals surface area contributed by atoms with Crippen LogP contribution in [0, 0.1) is 5.82 Å². The second kappa shape index (κ2) is 4.94. The topological polar surface area (TPSA) is 25.2 Å². The molecular formula is C15H11ClFNO. The maximum Gasteiger partial charge on any atom is 0.147 e. The van der Waals surface area contributed by atoms with E-state index in [0.29, 0.717) is 17.3 Å². The molecule has 3 rings (SSSR count). The van der Waals surface area contributed by atoms with Gasteiger partial charge in [-0.15, -0.1) is 0 Å². The van der Waals surface area contributed by atoms with E-state index in [1.807, 2.05) is 30.3 Å². The second-order valence-electron chi connectivity index (χ2n) is 4.20. The van der Waals surface area contributed by atoms with Crippen molar-refractivity contribution in [1.29, 1.82) is 0 Å². The number of halogens is 2. The number of fused-ring (bicyclic) bond motifs is 1. The first kappa shape index (κ1) is 12.1. The van der Waals surface area contributed by atoms with Crippen LogP contribution in [0.5, 0.6) is 0 Å². The first-order valence-corrected chi connectivity index (χ1v) is 6.27. The Balaban J connectivity index is 1.82. The molecule has 4 heteroatoms. The zero-order valence-corrected chi connectivity index (χ0v) is 10.7. The summed E-state index contributed by atoms with van der Waals surface area (Å²) in [7, 11) is 0. The molecule has 3 aromatic rings. The molecular weight excluding hydrogens is 265 g/mol. The zero-order valence-electron chi connectivity index (χ0n) is 9.99. The number of rotatable bonds is 3. The summed E-state index contributed by atoms with van der Waals surface area (Å²) in [6.07, 6.45) is 0. The highest BCUT2D eigenvalue weighted by atomic mass is 35.5. The Hall–Kier alpha value is -2.00. The molecule has 0 saturated carbocycles. The minimum atomic E-state index is -0.372. The molecule has 1 N–H and O–H groups in total. The Labute approximate surface area is 114 Å². The van der Waals surface area contributed by atoms with E-state index in [1.165, 1.54) is 6.07 Å². The summed E-state index contributed by atoms with van der Waals surface area (Å²) < 4.78 is 19.2. The quantitative estimate of drug-likeness (QED) is 0.740. The van der Waals surface area contributed by atoms with Gasteiger partial charge in [0.05, 0.1) is 17.3 Å². The highest BCUT2D eigenvalue weighted by molar-refractivity contribution is 6.33. The van der Waals surface area contributed by atoms with Crippen LogP contribution >= 0.6 is 11.6 Å². The summed E-state index contributed by atoms with van der Waals surface area (Å²) in [4.78, 5) is 0. The lowest BCUT2D eigenvalue weighted by Crippen LogP contribution is -2.01. The Morgan fingerprint density at radius 3 is 2.74 bits per heavy atom. The molecule has 0 radical (unpaired) electrons. The van der Waals surface area contributed by atoms with Crippen molar-refractivity contribution in [2.24, 2.45) is 0 Å². The summed E-state index contributed by atoms with van der Waals surface area (Å²) in [5.41, 5.74) is 1.11. The van der Waals surface area contributed by atoms with E-state index in [2.05, 4.69) is 5.32 Å². The van der Waals surface area contributed by atoms with E-state index in [-0.39, 0.29) is 5.82 Å². The van der Waals surface area contributed by atoms with E-state index < -0.39 is 0 Å². The van der Waals surface area contributed by atoms with Crippen molar-refractivity contribution in [2.45, 2.75) is 6.54 Å². The molecule has 0 atom stereocenters. The molecule has 1 aromatic heterocycles. The lowest BCUT2D eigenvalue weighted by Gasteiger charge is -2.07. The molecule has 0 aliphatic heterocycles. The average Bonchev–Trinajstić information content (AvgIpc) is 2.81. The highest BCUT2D eigenvalue weighted by Crippen LogP contribution is 2.26. The van der Waals surface area contributed by atoms with Crippen LogP contribution < -0.4 is 5.32 Å². The first-order valence-electron chi connectivity index (χ1n) is 5.89. The van der Waals surface area contributed by atoms with Gasteiger partial charge in [-0.3, -0.25) is 0 Å². The molecule has 0 fully saturated rings. The first-order chi connectivity index (χ1) is 9.24. The van der Waals surface area contributed by atoms with Gasteiger partial charge in [-0.25, -0.2) is 4.39 Å². The number of benzene rings is 2. The van der Waals surface area contributed by atoms with Gasteiger partial charge in [0.2, 0.25) is 0 Å². The molecule has 0 amide bonds. The van der Waals surface area contributed by atoms with E-state index in [0.717, 1.165) is 16.7 Å². The van der Waals surface area contributed by atoms with Gasteiger partial charge in [0, 0.05) is 5.39 Å². The van der Waals surface area contributed by atoms with Crippen molar-refractivity contribution in [3.63, 3.8) is 0 Å². The van der Waals surface area contributed by atoms with E-state index in [4.69, 9.17) is 16.0 Å². The van der Waals surface area contributed by atoms with Crippen LogP contribution in [0.15, 0.2) is 52.9 Å². The number of para-hydroxylation sites is 2. The smallest absolute Gasteiger partial charge is 0.147 e. The van der Waals surface area contributed by atoms with Crippen LogP contribution in [0.4, 0.5) is 10.1 Å². The van der Waals surface area contributed by atoms with Gasteiger partial charge in [-0.1, -0.05) is 35.9 Å². The Morgan fingerprint density at radius 1 is 1.11 bits per heavy atom. The summed E-state index contributed by atoms with van der Waals surface area (Å²) >= 11 is 5.94. The van der Waals surface area contributed by atoms with Crippen LogP contribution in [-0.4, -0.2) is 0 Å². The summed E-state index contributed by atoms with van der Waals surface area (Å²) in [5, 5.41) is 4.34. The lowest BCUT2D eigenvalue weighted by atomic mass is 10.2. The van der Waals surface area contributed by atoms with E-state index in [1.54, 1.807) is 12.1 Å². The Morgan fingerprint density at radius 2 is 1.95 bits per heavy atom. The Bertz CT molecular complexity index is 670. The highest BCUT2D eigenvalue weighted by Gasteiger charge is 2.08. The molecule has 1 heterocycles. The summed E-state index contributed by atoms with van der Waals surface area (Å²) in [6.45, 7) is 0.384. The minimum absolute atomic E-state index is 0.296. The van der Waals surface area contributed by atoms with Crippen LogP contribution in [-0.2, 0) is 6.54 Å². The number of anilines is 1. The van der Waals surface area contributed by atoms with Gasteiger partial charge < -0.3 is 9.73 Å². The molecule has 0 unspecified atom stereocenters. The fourth-order valence-electron chi connectivity index (χ4n) is 1.97. The lowest BCUT2D eigenvalue weighted by molar-refractivity contribution is 0.558. The predicted molar refractivity (Wildman–Crippen MR) is 75.0 cm³/mol. The normalized spacial score (nSPS) is 10.8. The monoisotopic (exact) mass is 275 g/mol. The maximum atomic E-state index is 13.6. The largest absolute Gasteiger partial charge is 0.459 e. The third kappa shape index (κ3) is 2.42. The van der Waals surface area contributed by atoms with Crippen molar-refractivity contribution in [3.8, 4) is 0 Å². The van der Waals surface area contributed by atoms with Crippen molar-refractivity contribution >= 4 is 28.3 Å². The van der Waals surface area contributed by atoms with Gasteiger partial charge in [-0.05, 0) is 24.3 Å². The molecule has 2 aromatic carbocycles. The zero-order chi connectivity index (χ0) is 13.2. The molecule has 0 aliphatic rings. The van der Waals surface area contributed by atoms with Gasteiger partial charge >= 0.3 is 0 Å². The molecule has 0 spiro atoms. The fraction of sp³-hybridized carbons (Fsp3) is 0.0667. The van der Waals surface area contributed by atoms with Crippen molar-refractivity contribution in [2.75, 3.05) is 5.32 Å². The van der Waals surface area contributed by atoms with Crippen molar-refractivity contribution in [3.05, 3.63) is 65.1 Å². The van der Waals surface area contributed by atoms with Crippen molar-refractivity contribution in [1.82, 2.24) is 0 Å². The van der Waals surface area contributed by atoms with Crippen LogP contribution in [0.25, 0.3) is 11.0 Å². The molecule has 2 nitrogen and oxygen atoms in total. The average molecular weight is 276 g/mol. The SMILES string of the molecule is Fc1cccc(Cl)c1NCc1cc2ccccc2o1. The molecule has 0 saturated heterocycles. The van der Waals surface area contributed by atoms with Gasteiger partial charge in [0.25, 0.3) is 0 Å². The number of hydrogen-bond donors (Lipinski definition) is 1. The standard InChI is InChI=1S/C15H11ClFNO/c16-12-5-3-6-13(17)15(12)18-9-11-8-10-4-1-2-7-14(10)19-11/h1-8,18H,9H2. The van der Waals surface area contributed by atoms with Crippen LogP contribution in [0.2, 0.25) is 5.02 Å². The number of nitrogens with one attached hydrogen (secondary N) is 1. The van der Waals surface area contributed by atoms with Crippen LogP contribution in [0.1, 0.15) is 5.76 Å². The van der Waals surface area contributed by atoms with Crippen LogP contribution in [0.3, 0.4) is 0 Å². The van der Waals surface area contributed by atoms with E-state index in [9.17, 15) is 4.39 Å². The molecule has 0 bridgehead atoms. The maximum absolute atomic E-state index is 13.6. The third-order valence-corrected chi connectivity index (χ3v) is 3.19. The van der Waals surface area contributed by atoms with Gasteiger partial charge in [-0.2, -0.15) is 0 Å². The summed E-state index contributed by atoms with van der Waals surface area (Å²) in [5.74, 6) is 0.365. The Kier molecular flexibility index (Phi) is 3.13. The van der Waals surface area contributed by atoms with E-state index >= 15 is 0 Å². The molecule has 0 aliphatic carbocycles.